The predicted molar refractivity (Wildman–Crippen MR) is 103 cm³/mol. The van der Waals surface area contributed by atoms with E-state index in [0.29, 0.717) is 23.6 Å². The molecule has 0 aliphatic heterocycles. The second-order valence-corrected chi connectivity index (χ2v) is 5.85. The number of non-ortho nitro benzene ring substituents is 1. The van der Waals surface area contributed by atoms with Crippen LogP contribution >= 0.6 is 0 Å². The molecule has 3 rings (SSSR count). The number of nitro benzene ring substituents is 1. The summed E-state index contributed by atoms with van der Waals surface area (Å²) in [4.78, 5) is 22.6. The molecule has 0 unspecified atom stereocenters. The SMILES string of the molecule is N#C/C(=C/c1ccc(-c2cccc([N+](=O)[O-])c2)o1)C(=O)NCc1ccccc1. The molecule has 0 spiro atoms. The highest BCUT2D eigenvalue weighted by Crippen LogP contribution is 2.26. The van der Waals surface area contributed by atoms with Gasteiger partial charge in [0.2, 0.25) is 0 Å². The number of carbonyl (C=O) groups is 1. The van der Waals surface area contributed by atoms with Crippen molar-refractivity contribution in [3.8, 4) is 17.4 Å². The zero-order chi connectivity index (χ0) is 19.9. The lowest BCUT2D eigenvalue weighted by Crippen LogP contribution is -2.23. The Kier molecular flexibility index (Phi) is 5.63. The van der Waals surface area contributed by atoms with E-state index in [1.165, 1.54) is 18.2 Å². The maximum absolute atomic E-state index is 12.2. The van der Waals surface area contributed by atoms with Crippen molar-refractivity contribution in [1.82, 2.24) is 5.32 Å². The maximum Gasteiger partial charge on any atom is 0.270 e. The van der Waals surface area contributed by atoms with Crippen LogP contribution in [0.15, 0.2) is 76.7 Å². The highest BCUT2D eigenvalue weighted by molar-refractivity contribution is 6.01. The molecule has 2 aromatic carbocycles. The Morgan fingerprint density at radius 3 is 2.64 bits per heavy atom. The van der Waals surface area contributed by atoms with E-state index in [2.05, 4.69) is 5.32 Å². The minimum absolute atomic E-state index is 0.0519. The summed E-state index contributed by atoms with van der Waals surface area (Å²) in [5.41, 5.74) is 1.29. The molecule has 138 valence electrons. The maximum atomic E-state index is 12.2. The summed E-state index contributed by atoms with van der Waals surface area (Å²) in [6.07, 6.45) is 1.33. The number of amides is 1. The monoisotopic (exact) mass is 373 g/mol. The second kappa shape index (κ2) is 8.47. The number of hydrogen-bond acceptors (Lipinski definition) is 5. The zero-order valence-corrected chi connectivity index (χ0v) is 14.7. The minimum Gasteiger partial charge on any atom is -0.457 e. The second-order valence-electron chi connectivity index (χ2n) is 5.85. The number of nitriles is 1. The van der Waals surface area contributed by atoms with Crippen LogP contribution in [0.3, 0.4) is 0 Å². The summed E-state index contributed by atoms with van der Waals surface area (Å²) in [6.45, 7) is 0.301. The van der Waals surface area contributed by atoms with Gasteiger partial charge in [-0.05, 0) is 17.7 Å². The first kappa shape index (κ1) is 18.6. The van der Waals surface area contributed by atoms with Crippen molar-refractivity contribution in [3.63, 3.8) is 0 Å². The summed E-state index contributed by atoms with van der Waals surface area (Å²) in [7, 11) is 0. The highest BCUT2D eigenvalue weighted by Gasteiger charge is 2.12. The van der Waals surface area contributed by atoms with E-state index in [1.54, 1.807) is 24.3 Å². The van der Waals surface area contributed by atoms with Gasteiger partial charge < -0.3 is 9.73 Å². The molecular formula is C21H15N3O4. The summed E-state index contributed by atoms with van der Waals surface area (Å²) >= 11 is 0. The van der Waals surface area contributed by atoms with Gasteiger partial charge >= 0.3 is 0 Å². The van der Waals surface area contributed by atoms with Gasteiger partial charge in [-0.25, -0.2) is 0 Å². The first-order valence-corrected chi connectivity index (χ1v) is 8.35. The lowest BCUT2D eigenvalue weighted by atomic mass is 10.1. The van der Waals surface area contributed by atoms with E-state index < -0.39 is 10.8 Å². The normalized spacial score (nSPS) is 10.9. The van der Waals surface area contributed by atoms with Gasteiger partial charge in [-0.15, -0.1) is 0 Å². The molecule has 0 saturated heterocycles. The van der Waals surface area contributed by atoms with Gasteiger partial charge in [-0.1, -0.05) is 42.5 Å². The molecule has 1 amide bonds. The van der Waals surface area contributed by atoms with Gasteiger partial charge in [-0.2, -0.15) is 5.26 Å². The molecular weight excluding hydrogens is 358 g/mol. The molecule has 0 aliphatic rings. The van der Waals surface area contributed by atoms with Crippen molar-refractivity contribution >= 4 is 17.7 Å². The Labute approximate surface area is 160 Å². The van der Waals surface area contributed by atoms with Crippen LogP contribution in [0.2, 0.25) is 0 Å². The number of carbonyl (C=O) groups excluding carboxylic acids is 1. The number of nitrogens with zero attached hydrogens (tertiary/aromatic N) is 2. The Hall–Kier alpha value is -4.18. The molecule has 0 aliphatic carbocycles. The van der Waals surface area contributed by atoms with Crippen LogP contribution in [0.4, 0.5) is 5.69 Å². The van der Waals surface area contributed by atoms with E-state index >= 15 is 0 Å². The summed E-state index contributed by atoms with van der Waals surface area (Å²) < 4.78 is 5.62. The summed E-state index contributed by atoms with van der Waals surface area (Å²) in [5, 5.41) is 22.9. The standard InChI is InChI=1S/C21H15N3O4/c22-13-17(21(25)23-14-15-5-2-1-3-6-15)12-19-9-10-20(28-19)16-7-4-8-18(11-16)24(26)27/h1-12H,14H2,(H,23,25)/b17-12-. The van der Waals surface area contributed by atoms with Crippen molar-refractivity contribution in [2.45, 2.75) is 6.54 Å². The number of rotatable bonds is 6. The van der Waals surface area contributed by atoms with Crippen LogP contribution in [0.25, 0.3) is 17.4 Å². The number of furan rings is 1. The van der Waals surface area contributed by atoms with Gasteiger partial charge in [0.1, 0.15) is 23.2 Å². The predicted octanol–water partition coefficient (Wildman–Crippen LogP) is 4.08. The van der Waals surface area contributed by atoms with Crippen molar-refractivity contribution in [3.05, 3.63) is 93.7 Å². The van der Waals surface area contributed by atoms with E-state index in [0.717, 1.165) is 5.56 Å². The summed E-state index contributed by atoms with van der Waals surface area (Å²) in [6, 6.07) is 20.4. The van der Waals surface area contributed by atoms with E-state index in [4.69, 9.17) is 4.42 Å². The van der Waals surface area contributed by atoms with Crippen LogP contribution in [0.1, 0.15) is 11.3 Å². The number of nitrogens with one attached hydrogen (secondary N) is 1. The van der Waals surface area contributed by atoms with Crippen LogP contribution in [-0.4, -0.2) is 10.8 Å². The van der Waals surface area contributed by atoms with Crippen LogP contribution in [-0.2, 0) is 11.3 Å². The van der Waals surface area contributed by atoms with E-state index in [1.807, 2.05) is 36.4 Å². The fourth-order valence-corrected chi connectivity index (χ4v) is 2.52. The van der Waals surface area contributed by atoms with Gasteiger partial charge in [0.25, 0.3) is 11.6 Å². The molecule has 1 heterocycles. The molecule has 7 heteroatoms. The Bertz CT molecular complexity index is 1080. The van der Waals surface area contributed by atoms with Crippen LogP contribution < -0.4 is 5.32 Å². The first-order chi connectivity index (χ1) is 13.6. The number of hydrogen-bond donors (Lipinski definition) is 1. The fourth-order valence-electron chi connectivity index (χ4n) is 2.52. The average molecular weight is 373 g/mol. The molecule has 1 N–H and O–H groups in total. The fraction of sp³-hybridized carbons (Fsp3) is 0.0476. The Balaban J connectivity index is 1.75. The molecule has 0 bridgehead atoms. The minimum atomic E-state index is -0.514. The summed E-state index contributed by atoms with van der Waals surface area (Å²) in [5.74, 6) is 0.185. The molecule has 0 saturated carbocycles. The quantitative estimate of drug-likeness (QED) is 0.303. The van der Waals surface area contributed by atoms with Gasteiger partial charge in [0, 0.05) is 30.3 Å². The molecule has 0 fully saturated rings. The third kappa shape index (κ3) is 4.51. The van der Waals surface area contributed by atoms with Gasteiger partial charge in [0.05, 0.1) is 4.92 Å². The number of nitro groups is 1. The Morgan fingerprint density at radius 2 is 1.93 bits per heavy atom. The lowest BCUT2D eigenvalue weighted by molar-refractivity contribution is -0.384. The molecule has 3 aromatic rings. The largest absolute Gasteiger partial charge is 0.457 e. The number of benzene rings is 2. The van der Waals surface area contributed by atoms with E-state index in [9.17, 15) is 20.2 Å². The van der Waals surface area contributed by atoms with Gasteiger partial charge in [-0.3, -0.25) is 14.9 Å². The van der Waals surface area contributed by atoms with Crippen LogP contribution in [0.5, 0.6) is 0 Å². The van der Waals surface area contributed by atoms with Crippen molar-refractivity contribution in [2.24, 2.45) is 0 Å². The first-order valence-electron chi connectivity index (χ1n) is 8.35. The Morgan fingerprint density at radius 1 is 1.14 bits per heavy atom. The smallest absolute Gasteiger partial charge is 0.270 e. The zero-order valence-electron chi connectivity index (χ0n) is 14.7. The molecule has 7 nitrogen and oxygen atoms in total. The third-order valence-electron chi connectivity index (χ3n) is 3.92. The van der Waals surface area contributed by atoms with Crippen molar-refractivity contribution < 1.29 is 14.1 Å². The van der Waals surface area contributed by atoms with E-state index in [-0.39, 0.29) is 11.3 Å². The topological polar surface area (TPSA) is 109 Å². The van der Waals surface area contributed by atoms with Crippen molar-refractivity contribution in [1.29, 1.82) is 5.26 Å². The molecule has 28 heavy (non-hydrogen) atoms. The highest BCUT2D eigenvalue weighted by atomic mass is 16.6. The van der Waals surface area contributed by atoms with Gasteiger partial charge in [0.15, 0.2) is 0 Å². The van der Waals surface area contributed by atoms with Crippen LogP contribution in [0, 0.1) is 21.4 Å². The molecule has 1 aromatic heterocycles. The third-order valence-corrected chi connectivity index (χ3v) is 3.92. The molecule has 0 radical (unpaired) electrons. The van der Waals surface area contributed by atoms with Crippen molar-refractivity contribution in [2.75, 3.05) is 0 Å². The lowest BCUT2D eigenvalue weighted by Gasteiger charge is -2.03. The average Bonchev–Trinajstić information content (AvgIpc) is 3.20. The molecule has 0 atom stereocenters.